The first-order valence-electron chi connectivity index (χ1n) is 4.92. The zero-order chi connectivity index (χ0) is 9.52. The van der Waals surface area contributed by atoms with Crippen LogP contribution in [0, 0.1) is 0 Å². The van der Waals surface area contributed by atoms with Crippen LogP contribution < -0.4 is 10.1 Å². The molecule has 13 heavy (non-hydrogen) atoms. The van der Waals surface area contributed by atoms with Gasteiger partial charge in [-0.1, -0.05) is 26.0 Å². The quantitative estimate of drug-likeness (QED) is 0.661. The molecule has 0 fully saturated rings. The van der Waals surface area contributed by atoms with Crippen molar-refractivity contribution in [2.24, 2.45) is 0 Å². The SMILES string of the molecule is CC.c1ccc2c(c1)NCCCO2. The molecule has 72 valence electrons. The van der Waals surface area contributed by atoms with Crippen LogP contribution in [0.2, 0.25) is 0 Å². The van der Waals surface area contributed by atoms with Crippen LogP contribution in [-0.4, -0.2) is 13.2 Å². The van der Waals surface area contributed by atoms with Gasteiger partial charge in [-0.05, 0) is 18.6 Å². The number of ether oxygens (including phenoxy) is 1. The summed E-state index contributed by atoms with van der Waals surface area (Å²) in [5, 5.41) is 3.30. The Morgan fingerprint density at radius 2 is 2.00 bits per heavy atom. The minimum Gasteiger partial charge on any atom is -0.491 e. The van der Waals surface area contributed by atoms with E-state index in [4.69, 9.17) is 4.74 Å². The molecule has 1 aliphatic rings. The third-order valence-electron chi connectivity index (χ3n) is 1.78. The van der Waals surface area contributed by atoms with Crippen molar-refractivity contribution in [3.8, 4) is 5.75 Å². The molecule has 0 spiro atoms. The van der Waals surface area contributed by atoms with Crippen LogP contribution in [0.5, 0.6) is 5.75 Å². The number of rotatable bonds is 0. The zero-order valence-corrected chi connectivity index (χ0v) is 8.34. The van der Waals surface area contributed by atoms with E-state index in [2.05, 4.69) is 5.32 Å². The van der Waals surface area contributed by atoms with E-state index in [0.717, 1.165) is 31.0 Å². The Kier molecular flexibility index (Phi) is 4.16. The van der Waals surface area contributed by atoms with E-state index in [9.17, 15) is 0 Å². The number of hydrogen-bond acceptors (Lipinski definition) is 2. The molecule has 0 aromatic heterocycles. The maximum Gasteiger partial charge on any atom is 0.142 e. The molecule has 0 aliphatic carbocycles. The maximum absolute atomic E-state index is 5.49. The van der Waals surface area contributed by atoms with E-state index in [-0.39, 0.29) is 0 Å². The summed E-state index contributed by atoms with van der Waals surface area (Å²) < 4.78 is 5.49. The minimum absolute atomic E-state index is 0.823. The van der Waals surface area contributed by atoms with Gasteiger partial charge in [0, 0.05) is 6.54 Å². The molecule has 2 rings (SSSR count). The predicted octanol–water partition coefficient (Wildman–Crippen LogP) is 2.91. The Hall–Kier alpha value is -1.18. The summed E-state index contributed by atoms with van der Waals surface area (Å²) >= 11 is 0. The molecule has 1 N–H and O–H groups in total. The van der Waals surface area contributed by atoms with Crippen molar-refractivity contribution < 1.29 is 4.74 Å². The van der Waals surface area contributed by atoms with E-state index < -0.39 is 0 Å². The predicted molar refractivity (Wildman–Crippen MR) is 56.4 cm³/mol. The van der Waals surface area contributed by atoms with Crippen molar-refractivity contribution in [1.82, 2.24) is 0 Å². The normalized spacial score (nSPS) is 13.7. The molecule has 2 nitrogen and oxygen atoms in total. The van der Waals surface area contributed by atoms with Crippen LogP contribution in [0.25, 0.3) is 0 Å². The van der Waals surface area contributed by atoms with Crippen LogP contribution in [0.4, 0.5) is 5.69 Å². The number of fused-ring (bicyclic) bond motifs is 1. The van der Waals surface area contributed by atoms with Gasteiger partial charge < -0.3 is 10.1 Å². The van der Waals surface area contributed by atoms with Crippen LogP contribution in [-0.2, 0) is 0 Å². The van der Waals surface area contributed by atoms with Crippen molar-refractivity contribution in [3.05, 3.63) is 24.3 Å². The minimum atomic E-state index is 0.823. The fourth-order valence-corrected chi connectivity index (χ4v) is 1.22. The molecule has 0 saturated heterocycles. The largest absolute Gasteiger partial charge is 0.491 e. The number of benzene rings is 1. The van der Waals surface area contributed by atoms with Crippen LogP contribution >= 0.6 is 0 Å². The third kappa shape index (κ3) is 2.65. The zero-order valence-electron chi connectivity index (χ0n) is 8.34. The van der Waals surface area contributed by atoms with Gasteiger partial charge in [-0.15, -0.1) is 0 Å². The lowest BCUT2D eigenvalue weighted by molar-refractivity contribution is 0.323. The fraction of sp³-hybridized carbons (Fsp3) is 0.455. The fourth-order valence-electron chi connectivity index (χ4n) is 1.22. The molecule has 1 aliphatic heterocycles. The molecule has 1 aromatic carbocycles. The molecule has 0 radical (unpaired) electrons. The average molecular weight is 179 g/mol. The van der Waals surface area contributed by atoms with Crippen LogP contribution in [0.3, 0.4) is 0 Å². The lowest BCUT2D eigenvalue weighted by Crippen LogP contribution is -1.99. The van der Waals surface area contributed by atoms with Crippen LogP contribution in [0.15, 0.2) is 24.3 Å². The summed E-state index contributed by atoms with van der Waals surface area (Å²) in [6, 6.07) is 8.04. The molecule has 0 bridgehead atoms. The van der Waals surface area contributed by atoms with E-state index in [1.807, 2.05) is 38.1 Å². The topological polar surface area (TPSA) is 21.3 Å². The summed E-state index contributed by atoms with van der Waals surface area (Å²) in [4.78, 5) is 0. The van der Waals surface area contributed by atoms with Gasteiger partial charge in [0.1, 0.15) is 5.75 Å². The molecule has 1 aromatic rings. The van der Waals surface area contributed by atoms with Crippen molar-refractivity contribution >= 4 is 5.69 Å². The van der Waals surface area contributed by atoms with Gasteiger partial charge >= 0.3 is 0 Å². The van der Waals surface area contributed by atoms with Crippen molar-refractivity contribution in [3.63, 3.8) is 0 Å². The van der Waals surface area contributed by atoms with E-state index >= 15 is 0 Å². The molecular formula is C11H17NO. The number of nitrogens with one attached hydrogen (secondary N) is 1. The smallest absolute Gasteiger partial charge is 0.142 e. The Morgan fingerprint density at radius 1 is 1.23 bits per heavy atom. The number of para-hydroxylation sites is 2. The summed E-state index contributed by atoms with van der Waals surface area (Å²) in [6.45, 7) is 5.83. The van der Waals surface area contributed by atoms with Crippen molar-refractivity contribution in [2.75, 3.05) is 18.5 Å². The molecule has 0 atom stereocenters. The summed E-state index contributed by atoms with van der Waals surface area (Å²) in [7, 11) is 0. The second-order valence-electron chi connectivity index (χ2n) is 2.62. The lowest BCUT2D eigenvalue weighted by atomic mass is 10.3. The van der Waals surface area contributed by atoms with Gasteiger partial charge in [-0.2, -0.15) is 0 Å². The first kappa shape index (κ1) is 9.90. The van der Waals surface area contributed by atoms with Gasteiger partial charge in [0.25, 0.3) is 0 Å². The molecule has 0 saturated carbocycles. The number of anilines is 1. The van der Waals surface area contributed by atoms with Gasteiger partial charge in [0.2, 0.25) is 0 Å². The van der Waals surface area contributed by atoms with E-state index in [1.165, 1.54) is 0 Å². The van der Waals surface area contributed by atoms with Gasteiger partial charge in [-0.3, -0.25) is 0 Å². The Labute approximate surface area is 79.9 Å². The Morgan fingerprint density at radius 3 is 2.85 bits per heavy atom. The molecule has 1 heterocycles. The Balaban J connectivity index is 0.000000396. The highest BCUT2D eigenvalue weighted by Crippen LogP contribution is 2.25. The van der Waals surface area contributed by atoms with Crippen LogP contribution in [0.1, 0.15) is 20.3 Å². The van der Waals surface area contributed by atoms with E-state index in [0.29, 0.717) is 0 Å². The van der Waals surface area contributed by atoms with Crippen molar-refractivity contribution in [2.45, 2.75) is 20.3 Å². The molecule has 0 unspecified atom stereocenters. The monoisotopic (exact) mass is 179 g/mol. The first-order chi connectivity index (χ1) is 6.47. The van der Waals surface area contributed by atoms with Gasteiger partial charge in [0.15, 0.2) is 0 Å². The number of hydrogen-bond donors (Lipinski definition) is 1. The third-order valence-corrected chi connectivity index (χ3v) is 1.78. The van der Waals surface area contributed by atoms with E-state index in [1.54, 1.807) is 0 Å². The molecular weight excluding hydrogens is 162 g/mol. The standard InChI is InChI=1S/C9H11NO.C2H6/c1-2-5-9-8(4-1)10-6-3-7-11-9;1-2/h1-2,4-5,10H,3,6-7H2;1-2H3. The Bertz CT molecular complexity index is 223. The molecule has 0 amide bonds. The highest BCUT2D eigenvalue weighted by Gasteiger charge is 2.04. The van der Waals surface area contributed by atoms with Crippen molar-refractivity contribution in [1.29, 1.82) is 0 Å². The van der Waals surface area contributed by atoms with Gasteiger partial charge in [-0.25, -0.2) is 0 Å². The lowest BCUT2D eigenvalue weighted by Gasteiger charge is -2.05. The summed E-state index contributed by atoms with van der Waals surface area (Å²) in [5.74, 6) is 0.977. The van der Waals surface area contributed by atoms with Gasteiger partial charge in [0.05, 0.1) is 12.3 Å². The highest BCUT2D eigenvalue weighted by atomic mass is 16.5. The maximum atomic E-state index is 5.49. The second-order valence-corrected chi connectivity index (χ2v) is 2.62. The first-order valence-corrected chi connectivity index (χ1v) is 4.92. The average Bonchev–Trinajstić information content (AvgIpc) is 2.45. The summed E-state index contributed by atoms with van der Waals surface area (Å²) in [6.07, 6.45) is 1.08. The highest BCUT2D eigenvalue weighted by molar-refractivity contribution is 5.56. The second kappa shape index (κ2) is 5.46. The molecule has 2 heteroatoms. The summed E-state index contributed by atoms with van der Waals surface area (Å²) in [5.41, 5.74) is 1.12.